The summed E-state index contributed by atoms with van der Waals surface area (Å²) in [5.41, 5.74) is 8.19. The molecule has 0 aliphatic rings. The Hall–Kier alpha value is -2.37. The van der Waals surface area contributed by atoms with Crippen molar-refractivity contribution < 1.29 is 4.79 Å². The molecule has 3 rings (SSSR count). The average molecular weight is 315 g/mol. The van der Waals surface area contributed by atoms with Crippen LogP contribution in [0.15, 0.2) is 48.7 Å². The molecule has 1 aromatic heterocycles. The molecule has 1 unspecified atom stereocenters. The van der Waals surface area contributed by atoms with Gasteiger partial charge >= 0.3 is 0 Å². The fraction of sp³-hybridized carbons (Fsp3) is 0.125. The van der Waals surface area contributed by atoms with E-state index < -0.39 is 5.92 Å². The number of fused-ring (bicyclic) bond motifs is 1. The lowest BCUT2D eigenvalue weighted by atomic mass is 9.98. The Morgan fingerprint density at radius 3 is 2.95 bits per heavy atom. The Balaban J connectivity index is 1.82. The van der Waals surface area contributed by atoms with Crippen LogP contribution in [0.1, 0.15) is 11.5 Å². The number of benzene rings is 2. The Morgan fingerprint density at radius 2 is 2.18 bits per heavy atom. The number of hydrogen-bond acceptors (Lipinski definition) is 3. The third kappa shape index (κ3) is 2.95. The van der Waals surface area contributed by atoms with Gasteiger partial charge in [-0.15, -0.1) is 0 Å². The van der Waals surface area contributed by atoms with Crippen LogP contribution in [0.5, 0.6) is 0 Å². The maximum absolute atomic E-state index is 12.5. The van der Waals surface area contributed by atoms with Crippen LogP contribution < -0.4 is 11.1 Å². The predicted molar refractivity (Wildman–Crippen MR) is 88.0 cm³/mol. The molecule has 0 spiro atoms. The first kappa shape index (κ1) is 14.6. The summed E-state index contributed by atoms with van der Waals surface area (Å²) in [7, 11) is 0. The number of nitrogens with one attached hydrogen (secondary N) is 2. The summed E-state index contributed by atoms with van der Waals surface area (Å²) in [6.45, 7) is 0.208. The van der Waals surface area contributed by atoms with Gasteiger partial charge in [-0.25, -0.2) is 0 Å². The zero-order valence-electron chi connectivity index (χ0n) is 11.7. The molecular weight excluding hydrogens is 300 g/mol. The summed E-state index contributed by atoms with van der Waals surface area (Å²) in [5, 5.41) is 11.2. The molecule has 0 radical (unpaired) electrons. The van der Waals surface area contributed by atoms with Crippen molar-refractivity contribution in [2.45, 2.75) is 5.92 Å². The fourth-order valence-electron chi connectivity index (χ4n) is 2.37. The van der Waals surface area contributed by atoms with Gasteiger partial charge in [0.15, 0.2) is 0 Å². The molecule has 22 heavy (non-hydrogen) atoms. The van der Waals surface area contributed by atoms with E-state index in [2.05, 4.69) is 15.5 Å². The van der Waals surface area contributed by atoms with E-state index in [1.165, 1.54) is 0 Å². The quantitative estimate of drug-likeness (QED) is 0.692. The van der Waals surface area contributed by atoms with Gasteiger partial charge in [-0.2, -0.15) is 5.10 Å². The molecule has 1 heterocycles. The van der Waals surface area contributed by atoms with E-state index in [0.717, 1.165) is 16.5 Å². The highest BCUT2D eigenvalue weighted by Gasteiger charge is 2.19. The van der Waals surface area contributed by atoms with Crippen molar-refractivity contribution in [1.82, 2.24) is 10.2 Å². The van der Waals surface area contributed by atoms with Crippen molar-refractivity contribution in [2.24, 2.45) is 5.73 Å². The molecule has 1 amide bonds. The highest BCUT2D eigenvalue weighted by molar-refractivity contribution is 6.30. The lowest BCUT2D eigenvalue weighted by Gasteiger charge is -2.15. The topological polar surface area (TPSA) is 83.8 Å². The van der Waals surface area contributed by atoms with Gasteiger partial charge < -0.3 is 11.1 Å². The van der Waals surface area contributed by atoms with Gasteiger partial charge in [0.05, 0.1) is 17.6 Å². The van der Waals surface area contributed by atoms with E-state index in [1.807, 2.05) is 30.3 Å². The van der Waals surface area contributed by atoms with E-state index in [9.17, 15) is 4.79 Å². The summed E-state index contributed by atoms with van der Waals surface area (Å²) in [6, 6.07) is 12.7. The summed E-state index contributed by atoms with van der Waals surface area (Å²) < 4.78 is 0. The first-order chi connectivity index (χ1) is 10.7. The van der Waals surface area contributed by atoms with Crippen molar-refractivity contribution in [2.75, 3.05) is 11.9 Å². The highest BCUT2D eigenvalue weighted by atomic mass is 35.5. The number of carbonyl (C=O) groups excluding carboxylic acids is 1. The summed E-state index contributed by atoms with van der Waals surface area (Å²) in [5.74, 6) is -0.605. The van der Waals surface area contributed by atoms with Gasteiger partial charge in [0.25, 0.3) is 0 Å². The second kappa shape index (κ2) is 6.17. The normalized spacial score (nSPS) is 12.3. The van der Waals surface area contributed by atoms with Crippen LogP contribution in [0, 0.1) is 0 Å². The van der Waals surface area contributed by atoms with E-state index in [0.29, 0.717) is 10.7 Å². The van der Waals surface area contributed by atoms with Crippen LogP contribution in [-0.2, 0) is 4.79 Å². The first-order valence-electron chi connectivity index (χ1n) is 6.87. The van der Waals surface area contributed by atoms with E-state index in [-0.39, 0.29) is 12.5 Å². The average Bonchev–Trinajstić information content (AvgIpc) is 2.95. The van der Waals surface area contributed by atoms with Gasteiger partial charge in [0, 0.05) is 22.6 Å². The fourth-order valence-corrected chi connectivity index (χ4v) is 2.57. The van der Waals surface area contributed by atoms with Gasteiger partial charge in [0.2, 0.25) is 5.91 Å². The zero-order valence-corrected chi connectivity index (χ0v) is 12.5. The summed E-state index contributed by atoms with van der Waals surface area (Å²) in [6.07, 6.45) is 1.71. The second-order valence-corrected chi connectivity index (χ2v) is 5.44. The Morgan fingerprint density at radius 1 is 1.32 bits per heavy atom. The van der Waals surface area contributed by atoms with E-state index >= 15 is 0 Å². The number of amides is 1. The number of anilines is 1. The van der Waals surface area contributed by atoms with Crippen LogP contribution >= 0.6 is 11.6 Å². The maximum Gasteiger partial charge on any atom is 0.233 e. The van der Waals surface area contributed by atoms with Gasteiger partial charge in [-0.3, -0.25) is 9.89 Å². The minimum Gasteiger partial charge on any atom is -0.329 e. The molecule has 3 aromatic rings. The summed E-state index contributed by atoms with van der Waals surface area (Å²) in [4.78, 5) is 12.5. The monoisotopic (exact) mass is 314 g/mol. The number of nitrogens with zero attached hydrogens (tertiary/aromatic N) is 1. The molecule has 2 aromatic carbocycles. The molecule has 5 nitrogen and oxygen atoms in total. The number of H-pyrrole nitrogens is 1. The third-order valence-electron chi connectivity index (χ3n) is 3.51. The molecule has 1 atom stereocenters. The van der Waals surface area contributed by atoms with Crippen molar-refractivity contribution in [3.8, 4) is 0 Å². The number of nitrogens with two attached hydrogens (primary N) is 1. The van der Waals surface area contributed by atoms with Crippen molar-refractivity contribution in [3.63, 3.8) is 0 Å². The molecule has 0 aliphatic carbocycles. The molecular formula is C16H15ClN4O. The smallest absolute Gasteiger partial charge is 0.233 e. The molecule has 6 heteroatoms. The van der Waals surface area contributed by atoms with Crippen LogP contribution in [0.4, 0.5) is 5.69 Å². The van der Waals surface area contributed by atoms with Gasteiger partial charge in [-0.05, 0) is 35.9 Å². The number of halogens is 1. The maximum atomic E-state index is 12.5. The third-order valence-corrected chi connectivity index (χ3v) is 3.75. The Kier molecular flexibility index (Phi) is 4.09. The van der Waals surface area contributed by atoms with Crippen molar-refractivity contribution >= 4 is 34.1 Å². The first-order valence-corrected chi connectivity index (χ1v) is 7.24. The largest absolute Gasteiger partial charge is 0.329 e. The predicted octanol–water partition coefficient (Wildman–Crippen LogP) is 2.90. The number of carbonyl (C=O) groups is 1. The molecule has 0 saturated carbocycles. The zero-order chi connectivity index (χ0) is 15.5. The van der Waals surface area contributed by atoms with E-state index in [1.54, 1.807) is 18.3 Å². The van der Waals surface area contributed by atoms with Gasteiger partial charge in [0.1, 0.15) is 0 Å². The number of aromatic nitrogens is 2. The standard InChI is InChI=1S/C16H15ClN4O/c17-12-3-1-2-10(6-12)14(8-18)16(22)20-13-4-5-15-11(7-13)9-19-21-15/h1-7,9,14H,8,18H2,(H,19,21)(H,20,22). The molecule has 0 saturated heterocycles. The van der Waals surface area contributed by atoms with Crippen molar-refractivity contribution in [3.05, 3.63) is 59.2 Å². The van der Waals surface area contributed by atoms with Crippen LogP contribution in [-0.4, -0.2) is 22.6 Å². The van der Waals surface area contributed by atoms with Crippen LogP contribution in [0.25, 0.3) is 10.9 Å². The van der Waals surface area contributed by atoms with Crippen LogP contribution in [0.3, 0.4) is 0 Å². The van der Waals surface area contributed by atoms with Crippen molar-refractivity contribution in [1.29, 1.82) is 0 Å². The highest BCUT2D eigenvalue weighted by Crippen LogP contribution is 2.22. The number of hydrogen-bond donors (Lipinski definition) is 3. The van der Waals surface area contributed by atoms with Gasteiger partial charge in [-0.1, -0.05) is 23.7 Å². The lowest BCUT2D eigenvalue weighted by molar-refractivity contribution is -0.117. The minimum atomic E-state index is -0.446. The lowest BCUT2D eigenvalue weighted by Crippen LogP contribution is -2.27. The Bertz CT molecular complexity index is 815. The second-order valence-electron chi connectivity index (χ2n) is 5.00. The Labute approximate surface area is 132 Å². The molecule has 4 N–H and O–H groups in total. The SMILES string of the molecule is NCC(C(=O)Nc1ccc2[nH]ncc2c1)c1cccc(Cl)c1. The van der Waals surface area contributed by atoms with E-state index in [4.69, 9.17) is 17.3 Å². The molecule has 0 bridgehead atoms. The molecule has 0 aliphatic heterocycles. The molecule has 112 valence electrons. The molecule has 0 fully saturated rings. The minimum absolute atomic E-state index is 0.160. The number of aromatic amines is 1. The number of rotatable bonds is 4. The van der Waals surface area contributed by atoms with Crippen LogP contribution in [0.2, 0.25) is 5.02 Å². The summed E-state index contributed by atoms with van der Waals surface area (Å²) >= 11 is 5.98.